The van der Waals surface area contributed by atoms with E-state index in [0.717, 1.165) is 19.5 Å². The molecule has 0 aliphatic carbocycles. The SMILES string of the molecule is c1c[nH]c(CNCCc2ccsc2)c1. The van der Waals surface area contributed by atoms with Gasteiger partial charge in [0.1, 0.15) is 0 Å². The first kappa shape index (κ1) is 9.49. The Bertz CT molecular complexity index is 301. The molecule has 2 heterocycles. The molecule has 0 aliphatic rings. The largest absolute Gasteiger partial charge is 0.364 e. The average molecular weight is 206 g/mol. The van der Waals surface area contributed by atoms with Crippen molar-refractivity contribution in [1.82, 2.24) is 10.3 Å². The molecule has 14 heavy (non-hydrogen) atoms. The standard InChI is InChI=1S/C11H14N2S/c1-2-11(13-5-1)8-12-6-3-10-4-7-14-9-10/h1-2,4-5,7,9,12-13H,3,6,8H2. The first-order valence-electron chi connectivity index (χ1n) is 4.79. The Hall–Kier alpha value is -1.06. The van der Waals surface area contributed by atoms with Crippen LogP contribution in [-0.2, 0) is 13.0 Å². The van der Waals surface area contributed by atoms with Crippen molar-refractivity contribution >= 4 is 11.3 Å². The Labute approximate surface area is 88.0 Å². The van der Waals surface area contributed by atoms with Crippen LogP contribution < -0.4 is 5.32 Å². The summed E-state index contributed by atoms with van der Waals surface area (Å²) in [5.41, 5.74) is 2.67. The number of H-pyrrole nitrogens is 1. The van der Waals surface area contributed by atoms with E-state index in [4.69, 9.17) is 0 Å². The van der Waals surface area contributed by atoms with Crippen LogP contribution in [0.2, 0.25) is 0 Å². The van der Waals surface area contributed by atoms with Crippen LogP contribution in [0.3, 0.4) is 0 Å². The first-order chi connectivity index (χ1) is 6.95. The molecular weight excluding hydrogens is 192 g/mol. The lowest BCUT2D eigenvalue weighted by atomic mass is 10.2. The summed E-state index contributed by atoms with van der Waals surface area (Å²) in [5, 5.41) is 7.73. The minimum absolute atomic E-state index is 0.928. The summed E-state index contributed by atoms with van der Waals surface area (Å²) < 4.78 is 0. The number of aromatic amines is 1. The van der Waals surface area contributed by atoms with E-state index >= 15 is 0 Å². The second-order valence-corrected chi connectivity index (χ2v) is 4.03. The molecule has 2 N–H and O–H groups in total. The molecule has 0 fully saturated rings. The van der Waals surface area contributed by atoms with Crippen LogP contribution in [0, 0.1) is 0 Å². The lowest BCUT2D eigenvalue weighted by Gasteiger charge is -2.01. The van der Waals surface area contributed by atoms with E-state index in [-0.39, 0.29) is 0 Å². The zero-order valence-corrected chi connectivity index (χ0v) is 8.81. The highest BCUT2D eigenvalue weighted by Gasteiger charge is 1.94. The monoisotopic (exact) mass is 206 g/mol. The lowest BCUT2D eigenvalue weighted by molar-refractivity contribution is 0.678. The predicted octanol–water partition coefficient (Wildman–Crippen LogP) is 2.41. The molecule has 0 unspecified atom stereocenters. The van der Waals surface area contributed by atoms with Crippen molar-refractivity contribution in [2.24, 2.45) is 0 Å². The molecule has 0 bridgehead atoms. The summed E-state index contributed by atoms with van der Waals surface area (Å²) in [4.78, 5) is 3.17. The maximum atomic E-state index is 3.40. The molecule has 0 radical (unpaired) electrons. The molecule has 2 aromatic rings. The minimum Gasteiger partial charge on any atom is -0.364 e. The van der Waals surface area contributed by atoms with Crippen molar-refractivity contribution in [2.45, 2.75) is 13.0 Å². The van der Waals surface area contributed by atoms with Gasteiger partial charge in [-0.2, -0.15) is 11.3 Å². The number of aromatic nitrogens is 1. The van der Waals surface area contributed by atoms with Gasteiger partial charge in [-0.25, -0.2) is 0 Å². The van der Waals surface area contributed by atoms with Crippen LogP contribution in [0.15, 0.2) is 35.2 Å². The molecule has 2 aromatic heterocycles. The Balaban J connectivity index is 1.65. The summed E-state index contributed by atoms with van der Waals surface area (Å²) in [6.45, 7) is 1.97. The van der Waals surface area contributed by atoms with Gasteiger partial charge in [0.05, 0.1) is 0 Å². The Morgan fingerprint density at radius 2 is 2.36 bits per heavy atom. The van der Waals surface area contributed by atoms with Gasteiger partial charge in [-0.05, 0) is 47.5 Å². The first-order valence-corrected chi connectivity index (χ1v) is 5.73. The van der Waals surface area contributed by atoms with E-state index in [9.17, 15) is 0 Å². The highest BCUT2D eigenvalue weighted by Crippen LogP contribution is 2.05. The fraction of sp³-hybridized carbons (Fsp3) is 0.273. The lowest BCUT2D eigenvalue weighted by Crippen LogP contribution is -2.16. The molecule has 0 spiro atoms. The second kappa shape index (κ2) is 4.98. The van der Waals surface area contributed by atoms with Crippen LogP contribution in [0.5, 0.6) is 0 Å². The third kappa shape index (κ3) is 2.72. The molecular formula is C11H14N2S. The van der Waals surface area contributed by atoms with Gasteiger partial charge in [-0.3, -0.25) is 0 Å². The summed E-state index contributed by atoms with van der Waals surface area (Å²) in [6.07, 6.45) is 3.07. The van der Waals surface area contributed by atoms with Gasteiger partial charge in [-0.1, -0.05) is 0 Å². The van der Waals surface area contributed by atoms with Crippen LogP contribution in [0.25, 0.3) is 0 Å². The third-order valence-electron chi connectivity index (χ3n) is 2.15. The number of hydrogen-bond donors (Lipinski definition) is 2. The zero-order chi connectivity index (χ0) is 9.64. The van der Waals surface area contributed by atoms with Crippen LogP contribution in [0.4, 0.5) is 0 Å². The minimum atomic E-state index is 0.928. The molecule has 74 valence electrons. The third-order valence-corrected chi connectivity index (χ3v) is 2.88. The number of rotatable bonds is 5. The van der Waals surface area contributed by atoms with Crippen LogP contribution in [-0.4, -0.2) is 11.5 Å². The Morgan fingerprint density at radius 3 is 3.07 bits per heavy atom. The summed E-state index contributed by atoms with van der Waals surface area (Å²) in [6, 6.07) is 6.30. The maximum absolute atomic E-state index is 3.40. The van der Waals surface area contributed by atoms with E-state index < -0.39 is 0 Å². The summed E-state index contributed by atoms with van der Waals surface area (Å²) >= 11 is 1.76. The predicted molar refractivity (Wildman–Crippen MR) is 60.5 cm³/mol. The van der Waals surface area contributed by atoms with Gasteiger partial charge >= 0.3 is 0 Å². The van der Waals surface area contributed by atoms with Gasteiger partial charge in [0.15, 0.2) is 0 Å². The molecule has 3 heteroatoms. The topological polar surface area (TPSA) is 27.8 Å². The molecule has 2 nitrogen and oxygen atoms in total. The summed E-state index contributed by atoms with van der Waals surface area (Å²) in [5.74, 6) is 0. The smallest absolute Gasteiger partial charge is 0.0357 e. The van der Waals surface area contributed by atoms with E-state index in [1.165, 1.54) is 11.3 Å². The molecule has 0 saturated heterocycles. The second-order valence-electron chi connectivity index (χ2n) is 3.25. The fourth-order valence-corrected chi connectivity index (χ4v) is 2.07. The van der Waals surface area contributed by atoms with Gasteiger partial charge in [0.2, 0.25) is 0 Å². The van der Waals surface area contributed by atoms with Gasteiger partial charge in [0.25, 0.3) is 0 Å². The zero-order valence-electron chi connectivity index (χ0n) is 7.99. The molecule has 2 rings (SSSR count). The molecule has 0 aliphatic heterocycles. The highest BCUT2D eigenvalue weighted by atomic mass is 32.1. The Morgan fingerprint density at radius 1 is 1.36 bits per heavy atom. The van der Waals surface area contributed by atoms with E-state index in [0.29, 0.717) is 0 Å². The normalized spacial score (nSPS) is 10.6. The van der Waals surface area contributed by atoms with Gasteiger partial charge in [0, 0.05) is 18.4 Å². The number of nitrogens with one attached hydrogen (secondary N) is 2. The molecule has 0 atom stereocenters. The molecule has 0 aromatic carbocycles. The highest BCUT2D eigenvalue weighted by molar-refractivity contribution is 7.07. The van der Waals surface area contributed by atoms with Crippen molar-refractivity contribution in [2.75, 3.05) is 6.54 Å². The molecule has 0 amide bonds. The fourth-order valence-electron chi connectivity index (χ4n) is 1.37. The van der Waals surface area contributed by atoms with E-state index in [1.54, 1.807) is 11.3 Å². The molecule has 0 saturated carbocycles. The van der Waals surface area contributed by atoms with E-state index in [2.05, 4.69) is 33.2 Å². The van der Waals surface area contributed by atoms with Gasteiger partial charge < -0.3 is 10.3 Å². The van der Waals surface area contributed by atoms with E-state index in [1.807, 2.05) is 12.3 Å². The average Bonchev–Trinajstić information content (AvgIpc) is 2.86. The van der Waals surface area contributed by atoms with Crippen molar-refractivity contribution in [3.05, 3.63) is 46.4 Å². The maximum Gasteiger partial charge on any atom is 0.0357 e. The van der Waals surface area contributed by atoms with Gasteiger partial charge in [-0.15, -0.1) is 0 Å². The van der Waals surface area contributed by atoms with Crippen molar-refractivity contribution < 1.29 is 0 Å². The van der Waals surface area contributed by atoms with Crippen LogP contribution in [0.1, 0.15) is 11.3 Å². The van der Waals surface area contributed by atoms with Crippen molar-refractivity contribution in [1.29, 1.82) is 0 Å². The quantitative estimate of drug-likeness (QED) is 0.722. The number of hydrogen-bond acceptors (Lipinski definition) is 2. The number of thiophene rings is 1. The summed E-state index contributed by atoms with van der Waals surface area (Å²) in [7, 11) is 0. The Kier molecular flexibility index (Phi) is 3.38. The van der Waals surface area contributed by atoms with Crippen molar-refractivity contribution in [3.63, 3.8) is 0 Å². The van der Waals surface area contributed by atoms with Crippen LogP contribution >= 0.6 is 11.3 Å². The van der Waals surface area contributed by atoms with Crippen molar-refractivity contribution in [3.8, 4) is 0 Å².